The van der Waals surface area contributed by atoms with E-state index < -0.39 is 6.10 Å². The second kappa shape index (κ2) is 11.1. The molecule has 0 aromatic rings. The third kappa shape index (κ3) is 10.2. The molecule has 0 fully saturated rings. The predicted molar refractivity (Wildman–Crippen MR) is 68.2 cm³/mol. The van der Waals surface area contributed by atoms with E-state index in [-0.39, 0.29) is 5.78 Å². The van der Waals surface area contributed by atoms with Crippen molar-refractivity contribution in [3.63, 3.8) is 0 Å². The van der Waals surface area contributed by atoms with Crippen LogP contribution >= 0.6 is 0 Å². The van der Waals surface area contributed by atoms with Crippen LogP contribution in [0, 0.1) is 6.92 Å². The fraction of sp³-hybridized carbons (Fsp3) is 0.857. The number of aliphatic hydroxyl groups is 1. The first kappa shape index (κ1) is 15.6. The summed E-state index contributed by atoms with van der Waals surface area (Å²) in [5.41, 5.74) is 0. The van der Waals surface area contributed by atoms with Crippen LogP contribution < -0.4 is 0 Å². The maximum Gasteiger partial charge on any atom is 0.161 e. The Bertz CT molecular complexity index is 164. The van der Waals surface area contributed by atoms with Crippen molar-refractivity contribution >= 4 is 5.78 Å². The van der Waals surface area contributed by atoms with E-state index in [0.717, 1.165) is 12.8 Å². The Morgan fingerprint density at radius 3 is 1.88 bits per heavy atom. The molecule has 0 saturated carbocycles. The number of hydrogen-bond acceptors (Lipinski definition) is 2. The van der Waals surface area contributed by atoms with Gasteiger partial charge in [0.2, 0.25) is 0 Å². The van der Waals surface area contributed by atoms with E-state index in [4.69, 9.17) is 5.11 Å². The number of aliphatic hydroxyl groups excluding tert-OH is 1. The Morgan fingerprint density at radius 2 is 1.44 bits per heavy atom. The van der Waals surface area contributed by atoms with Gasteiger partial charge in [0, 0.05) is 6.42 Å². The minimum absolute atomic E-state index is 0.122. The summed E-state index contributed by atoms with van der Waals surface area (Å²) in [6.45, 7) is 5.53. The van der Waals surface area contributed by atoms with E-state index in [1.54, 1.807) is 0 Å². The number of ketones is 1. The Kier molecular flexibility index (Phi) is 10.9. The van der Waals surface area contributed by atoms with Gasteiger partial charge >= 0.3 is 0 Å². The lowest BCUT2D eigenvalue weighted by atomic mass is 10.0. The number of hydrogen-bond donors (Lipinski definition) is 1. The molecule has 0 saturated heterocycles. The van der Waals surface area contributed by atoms with E-state index in [0.29, 0.717) is 6.42 Å². The number of carbonyl (C=O) groups is 1. The molecule has 0 spiro atoms. The molecule has 0 aromatic carbocycles. The highest BCUT2D eigenvalue weighted by Crippen LogP contribution is 2.10. The molecule has 1 radical (unpaired) electrons. The molecule has 1 unspecified atom stereocenters. The van der Waals surface area contributed by atoms with Gasteiger partial charge in [0.05, 0.1) is 0 Å². The molecule has 2 nitrogen and oxygen atoms in total. The zero-order valence-electron chi connectivity index (χ0n) is 10.7. The minimum Gasteiger partial charge on any atom is -0.385 e. The second-order valence-corrected chi connectivity index (χ2v) is 4.56. The van der Waals surface area contributed by atoms with Crippen molar-refractivity contribution in [2.24, 2.45) is 0 Å². The lowest BCUT2D eigenvalue weighted by Gasteiger charge is -2.03. The molecule has 1 N–H and O–H groups in total. The van der Waals surface area contributed by atoms with Crippen molar-refractivity contribution < 1.29 is 9.90 Å². The molecule has 0 heterocycles. The summed E-state index contributed by atoms with van der Waals surface area (Å²) < 4.78 is 0. The summed E-state index contributed by atoms with van der Waals surface area (Å²) in [5, 5.41) is 8.88. The fourth-order valence-corrected chi connectivity index (χ4v) is 1.78. The van der Waals surface area contributed by atoms with Crippen LogP contribution in [-0.2, 0) is 4.79 Å². The highest BCUT2D eigenvalue weighted by molar-refractivity contribution is 5.83. The standard InChI is InChI=1S/C14H27O2/c1-3-4-5-6-7-8-9-10-11-12-14(16)13(2)15/h13,15H,2-12H2,1H3. The van der Waals surface area contributed by atoms with Gasteiger partial charge in [-0.15, -0.1) is 0 Å². The average molecular weight is 227 g/mol. The van der Waals surface area contributed by atoms with Crippen molar-refractivity contribution in [3.8, 4) is 0 Å². The van der Waals surface area contributed by atoms with Crippen LogP contribution in [0.15, 0.2) is 0 Å². The third-order valence-corrected chi connectivity index (χ3v) is 2.90. The van der Waals surface area contributed by atoms with Crippen LogP contribution in [0.5, 0.6) is 0 Å². The van der Waals surface area contributed by atoms with Crippen LogP contribution in [0.3, 0.4) is 0 Å². The van der Waals surface area contributed by atoms with E-state index in [1.807, 2.05) is 0 Å². The fourth-order valence-electron chi connectivity index (χ4n) is 1.78. The molecule has 2 heteroatoms. The lowest BCUT2D eigenvalue weighted by Crippen LogP contribution is -2.15. The first-order valence-electron chi connectivity index (χ1n) is 6.72. The highest BCUT2D eigenvalue weighted by atomic mass is 16.3. The summed E-state index contributed by atoms with van der Waals surface area (Å²) in [7, 11) is 0. The predicted octanol–water partition coefficient (Wildman–Crippen LogP) is 3.67. The van der Waals surface area contributed by atoms with Gasteiger partial charge in [0.15, 0.2) is 5.78 Å². The summed E-state index contributed by atoms with van der Waals surface area (Å²) in [6.07, 6.45) is 10.7. The maximum absolute atomic E-state index is 11.0. The van der Waals surface area contributed by atoms with Gasteiger partial charge in [-0.2, -0.15) is 0 Å². The third-order valence-electron chi connectivity index (χ3n) is 2.90. The maximum atomic E-state index is 11.0. The van der Waals surface area contributed by atoms with Crippen molar-refractivity contribution in [1.29, 1.82) is 0 Å². The van der Waals surface area contributed by atoms with Crippen LogP contribution in [0.2, 0.25) is 0 Å². The molecule has 0 amide bonds. The number of rotatable bonds is 11. The Morgan fingerprint density at radius 1 is 1.00 bits per heavy atom. The normalized spacial score (nSPS) is 12.7. The Labute approximate surface area is 100 Å². The van der Waals surface area contributed by atoms with E-state index in [2.05, 4.69) is 13.8 Å². The van der Waals surface area contributed by atoms with Crippen LogP contribution in [-0.4, -0.2) is 17.0 Å². The highest BCUT2D eigenvalue weighted by Gasteiger charge is 2.07. The molecule has 0 aromatic heterocycles. The Balaban J connectivity index is 3.07. The molecule has 0 aliphatic rings. The summed E-state index contributed by atoms with van der Waals surface area (Å²) in [5.74, 6) is -0.122. The monoisotopic (exact) mass is 227 g/mol. The zero-order valence-corrected chi connectivity index (χ0v) is 10.7. The van der Waals surface area contributed by atoms with Gasteiger partial charge in [-0.05, 0) is 13.3 Å². The summed E-state index contributed by atoms with van der Waals surface area (Å²) >= 11 is 0. The summed E-state index contributed by atoms with van der Waals surface area (Å²) in [4.78, 5) is 11.0. The van der Waals surface area contributed by atoms with Gasteiger partial charge in [0.1, 0.15) is 6.10 Å². The van der Waals surface area contributed by atoms with Crippen LogP contribution in [0.4, 0.5) is 0 Å². The molecular formula is C14H27O2. The van der Waals surface area contributed by atoms with Gasteiger partial charge < -0.3 is 5.11 Å². The Hall–Kier alpha value is -0.370. The van der Waals surface area contributed by atoms with E-state index in [1.165, 1.54) is 44.9 Å². The van der Waals surface area contributed by atoms with Crippen LogP contribution in [0.25, 0.3) is 0 Å². The van der Waals surface area contributed by atoms with Gasteiger partial charge in [-0.3, -0.25) is 4.79 Å². The van der Waals surface area contributed by atoms with E-state index >= 15 is 0 Å². The molecule has 16 heavy (non-hydrogen) atoms. The topological polar surface area (TPSA) is 37.3 Å². The average Bonchev–Trinajstić information content (AvgIpc) is 2.26. The smallest absolute Gasteiger partial charge is 0.161 e. The van der Waals surface area contributed by atoms with Crippen molar-refractivity contribution in [2.75, 3.05) is 0 Å². The van der Waals surface area contributed by atoms with Crippen molar-refractivity contribution in [1.82, 2.24) is 0 Å². The van der Waals surface area contributed by atoms with Crippen molar-refractivity contribution in [3.05, 3.63) is 6.92 Å². The second-order valence-electron chi connectivity index (χ2n) is 4.56. The zero-order chi connectivity index (χ0) is 12.2. The number of carbonyl (C=O) groups excluding carboxylic acids is 1. The van der Waals surface area contributed by atoms with Gasteiger partial charge in [0.25, 0.3) is 0 Å². The molecule has 0 rings (SSSR count). The molecule has 95 valence electrons. The van der Waals surface area contributed by atoms with Crippen LogP contribution in [0.1, 0.15) is 71.1 Å². The van der Waals surface area contributed by atoms with Gasteiger partial charge in [-0.25, -0.2) is 0 Å². The SMILES string of the molecule is [CH2]C(O)C(=O)CCCCCCCCCCC. The summed E-state index contributed by atoms with van der Waals surface area (Å²) in [6, 6.07) is 0. The minimum atomic E-state index is -1.02. The molecule has 0 bridgehead atoms. The molecule has 0 aliphatic heterocycles. The molecular weight excluding hydrogens is 200 g/mol. The quantitative estimate of drug-likeness (QED) is 0.547. The molecule has 1 atom stereocenters. The largest absolute Gasteiger partial charge is 0.385 e. The first-order valence-corrected chi connectivity index (χ1v) is 6.72. The van der Waals surface area contributed by atoms with Crippen molar-refractivity contribution in [2.45, 2.75) is 77.2 Å². The van der Waals surface area contributed by atoms with E-state index in [9.17, 15) is 4.79 Å². The lowest BCUT2D eigenvalue weighted by molar-refractivity contribution is -0.125. The molecule has 0 aliphatic carbocycles. The number of unbranched alkanes of at least 4 members (excludes halogenated alkanes) is 8. The van der Waals surface area contributed by atoms with Gasteiger partial charge in [-0.1, -0.05) is 58.3 Å². The first-order chi connectivity index (χ1) is 7.68. The number of Topliss-reactive ketones (excluding diaryl/α,β-unsaturated/α-hetero) is 1.